The van der Waals surface area contributed by atoms with Crippen LogP contribution in [0, 0.1) is 5.82 Å². The lowest BCUT2D eigenvalue weighted by Crippen LogP contribution is -2.30. The standard InChI is InChI=1S/C14H18FN3O4S/c15-11-6-9(3-4-10-2-1-5-16-10)7-12(19)14(11)18-8-13(20)17-23(18,21)22/h6-7,10,16,19H,1-5,8H2,(H,17,20). The number of phenols is 1. The molecule has 0 aliphatic carbocycles. The van der Waals surface area contributed by atoms with E-state index in [1.165, 1.54) is 12.1 Å². The number of hydrogen-bond donors (Lipinski definition) is 3. The Balaban J connectivity index is 1.81. The second kappa shape index (κ2) is 5.97. The van der Waals surface area contributed by atoms with Gasteiger partial charge >= 0.3 is 10.2 Å². The van der Waals surface area contributed by atoms with Crippen LogP contribution in [0.3, 0.4) is 0 Å². The normalized spacial score (nSPS) is 23.3. The fraction of sp³-hybridized carbons (Fsp3) is 0.500. The Bertz CT molecular complexity index is 709. The van der Waals surface area contributed by atoms with Crippen molar-refractivity contribution < 1.29 is 22.7 Å². The molecule has 1 atom stereocenters. The number of benzene rings is 1. The molecule has 2 aliphatic rings. The summed E-state index contributed by atoms with van der Waals surface area (Å²) < 4.78 is 40.1. The van der Waals surface area contributed by atoms with E-state index in [-0.39, 0.29) is 0 Å². The van der Waals surface area contributed by atoms with Crippen molar-refractivity contribution in [2.75, 3.05) is 17.4 Å². The summed E-state index contributed by atoms with van der Waals surface area (Å²) in [7, 11) is -4.15. The molecule has 2 fully saturated rings. The number of carbonyl (C=O) groups is 1. The minimum absolute atomic E-state index is 0.390. The number of phenolic OH excluding ortho intramolecular Hbond substituents is 1. The number of aromatic hydroxyl groups is 1. The van der Waals surface area contributed by atoms with Crippen molar-refractivity contribution in [2.24, 2.45) is 0 Å². The molecule has 2 aliphatic heterocycles. The number of nitrogens with one attached hydrogen (secondary N) is 2. The lowest BCUT2D eigenvalue weighted by atomic mass is 10.0. The molecule has 1 unspecified atom stereocenters. The third-order valence-corrected chi connectivity index (χ3v) is 5.49. The van der Waals surface area contributed by atoms with E-state index in [4.69, 9.17) is 0 Å². The molecular formula is C14H18FN3O4S. The molecule has 126 valence electrons. The van der Waals surface area contributed by atoms with Gasteiger partial charge in [-0.05, 0) is 49.9 Å². The molecule has 1 aromatic rings. The largest absolute Gasteiger partial charge is 0.506 e. The van der Waals surface area contributed by atoms with Crippen LogP contribution < -0.4 is 14.3 Å². The zero-order valence-electron chi connectivity index (χ0n) is 12.4. The van der Waals surface area contributed by atoms with Crippen LogP contribution in [-0.2, 0) is 21.4 Å². The van der Waals surface area contributed by atoms with Crippen LogP contribution in [0.25, 0.3) is 0 Å². The Labute approximate surface area is 133 Å². The molecule has 23 heavy (non-hydrogen) atoms. The van der Waals surface area contributed by atoms with E-state index in [0.29, 0.717) is 22.3 Å². The molecule has 0 radical (unpaired) electrons. The van der Waals surface area contributed by atoms with E-state index in [0.717, 1.165) is 25.8 Å². The summed E-state index contributed by atoms with van der Waals surface area (Å²) in [5.74, 6) is -2.11. The summed E-state index contributed by atoms with van der Waals surface area (Å²) in [6.45, 7) is 0.440. The molecule has 3 N–H and O–H groups in total. The number of hydrogen-bond acceptors (Lipinski definition) is 5. The highest BCUT2D eigenvalue weighted by Gasteiger charge is 2.37. The maximum absolute atomic E-state index is 14.3. The zero-order chi connectivity index (χ0) is 16.6. The number of amides is 1. The minimum Gasteiger partial charge on any atom is -0.506 e. The molecule has 2 heterocycles. The first kappa shape index (κ1) is 16.0. The maximum atomic E-state index is 14.3. The van der Waals surface area contributed by atoms with Gasteiger partial charge in [0.05, 0.1) is 0 Å². The lowest BCUT2D eigenvalue weighted by Gasteiger charge is -2.18. The molecular weight excluding hydrogens is 325 g/mol. The highest BCUT2D eigenvalue weighted by atomic mass is 32.2. The summed E-state index contributed by atoms with van der Waals surface area (Å²) in [6, 6.07) is 2.95. The second-order valence-corrected chi connectivity index (χ2v) is 7.41. The van der Waals surface area contributed by atoms with Crippen molar-refractivity contribution in [3.63, 3.8) is 0 Å². The minimum atomic E-state index is -4.15. The van der Waals surface area contributed by atoms with Crippen molar-refractivity contribution >= 4 is 21.8 Å². The van der Waals surface area contributed by atoms with E-state index in [1.807, 2.05) is 0 Å². The van der Waals surface area contributed by atoms with Gasteiger partial charge < -0.3 is 10.4 Å². The topological polar surface area (TPSA) is 98.7 Å². The Morgan fingerprint density at radius 2 is 2.17 bits per heavy atom. The first-order valence-electron chi connectivity index (χ1n) is 7.45. The van der Waals surface area contributed by atoms with Gasteiger partial charge in [-0.25, -0.2) is 13.4 Å². The second-order valence-electron chi connectivity index (χ2n) is 5.81. The fourth-order valence-corrected chi connectivity index (χ4v) is 4.19. The first-order valence-corrected chi connectivity index (χ1v) is 8.89. The van der Waals surface area contributed by atoms with Gasteiger partial charge in [0, 0.05) is 6.04 Å². The monoisotopic (exact) mass is 343 g/mol. The maximum Gasteiger partial charge on any atom is 0.326 e. The number of aryl methyl sites for hydroxylation is 1. The van der Waals surface area contributed by atoms with Gasteiger partial charge in [0.2, 0.25) is 0 Å². The van der Waals surface area contributed by atoms with Gasteiger partial charge in [-0.1, -0.05) is 0 Å². The first-order chi connectivity index (χ1) is 10.9. The quantitative estimate of drug-likeness (QED) is 0.735. The third-order valence-electron chi connectivity index (χ3n) is 4.12. The van der Waals surface area contributed by atoms with Gasteiger partial charge in [-0.2, -0.15) is 8.42 Å². The summed E-state index contributed by atoms with van der Waals surface area (Å²) in [4.78, 5) is 11.2. The molecule has 0 saturated carbocycles. The Morgan fingerprint density at radius 1 is 1.39 bits per heavy atom. The van der Waals surface area contributed by atoms with E-state index >= 15 is 0 Å². The molecule has 9 heteroatoms. The Kier molecular flexibility index (Phi) is 4.15. The smallest absolute Gasteiger partial charge is 0.326 e. The van der Waals surface area contributed by atoms with Crippen LogP contribution in [0.1, 0.15) is 24.8 Å². The Hall–Kier alpha value is -1.87. The van der Waals surface area contributed by atoms with Gasteiger partial charge in [-0.3, -0.25) is 4.79 Å². The lowest BCUT2D eigenvalue weighted by molar-refractivity contribution is -0.117. The fourth-order valence-electron chi connectivity index (χ4n) is 3.02. The van der Waals surface area contributed by atoms with Gasteiger partial charge in [0.15, 0.2) is 5.82 Å². The van der Waals surface area contributed by atoms with Crippen molar-refractivity contribution in [1.82, 2.24) is 10.0 Å². The summed E-state index contributed by atoms with van der Waals surface area (Å²) in [6.07, 6.45) is 3.59. The molecule has 1 amide bonds. The average Bonchev–Trinajstić information content (AvgIpc) is 3.04. The van der Waals surface area contributed by atoms with Gasteiger partial charge in [-0.15, -0.1) is 0 Å². The van der Waals surface area contributed by atoms with Crippen LogP contribution in [0.4, 0.5) is 10.1 Å². The van der Waals surface area contributed by atoms with Crippen molar-refractivity contribution in [2.45, 2.75) is 31.7 Å². The van der Waals surface area contributed by atoms with Crippen LogP contribution in [-0.4, -0.2) is 38.6 Å². The summed E-state index contributed by atoms with van der Waals surface area (Å²) >= 11 is 0. The summed E-state index contributed by atoms with van der Waals surface area (Å²) in [5.41, 5.74) is 0.0967. The predicted molar refractivity (Wildman–Crippen MR) is 81.8 cm³/mol. The molecule has 0 spiro atoms. The van der Waals surface area contributed by atoms with Crippen LogP contribution in [0.2, 0.25) is 0 Å². The number of anilines is 1. The van der Waals surface area contributed by atoms with Crippen LogP contribution in [0.5, 0.6) is 5.75 Å². The van der Waals surface area contributed by atoms with E-state index < -0.39 is 39.9 Å². The number of nitrogens with zero attached hydrogens (tertiary/aromatic N) is 1. The molecule has 3 rings (SSSR count). The number of carbonyl (C=O) groups excluding carboxylic acids is 1. The molecule has 7 nitrogen and oxygen atoms in total. The predicted octanol–water partition coefficient (Wildman–Crippen LogP) is 0.397. The Morgan fingerprint density at radius 3 is 2.74 bits per heavy atom. The number of halogens is 1. The van der Waals surface area contributed by atoms with Crippen molar-refractivity contribution in [1.29, 1.82) is 0 Å². The molecule has 1 aromatic carbocycles. The van der Waals surface area contributed by atoms with E-state index in [9.17, 15) is 22.7 Å². The zero-order valence-corrected chi connectivity index (χ0v) is 13.2. The van der Waals surface area contributed by atoms with E-state index in [1.54, 1.807) is 4.72 Å². The SMILES string of the molecule is O=C1CN(c2c(O)cc(CCC3CCCN3)cc2F)S(=O)(=O)N1. The average molecular weight is 343 g/mol. The molecule has 0 aromatic heterocycles. The van der Waals surface area contributed by atoms with Crippen molar-refractivity contribution in [3.8, 4) is 5.75 Å². The van der Waals surface area contributed by atoms with Crippen LogP contribution in [0.15, 0.2) is 12.1 Å². The van der Waals surface area contributed by atoms with Gasteiger partial charge in [0.25, 0.3) is 5.91 Å². The third kappa shape index (κ3) is 3.25. The highest BCUT2D eigenvalue weighted by Crippen LogP contribution is 2.34. The number of rotatable bonds is 4. The molecule has 0 bridgehead atoms. The van der Waals surface area contributed by atoms with Crippen LogP contribution >= 0.6 is 0 Å². The highest BCUT2D eigenvalue weighted by molar-refractivity contribution is 7.92. The van der Waals surface area contributed by atoms with E-state index in [2.05, 4.69) is 5.32 Å². The van der Waals surface area contributed by atoms with Gasteiger partial charge in [0.1, 0.15) is 18.0 Å². The van der Waals surface area contributed by atoms with Crippen molar-refractivity contribution in [3.05, 3.63) is 23.5 Å². The molecule has 2 saturated heterocycles. The summed E-state index contributed by atoms with van der Waals surface area (Å²) in [5, 5.41) is 13.4.